The molecule has 0 unspecified atom stereocenters. The number of hydrogen-bond donors (Lipinski definition) is 1. The van der Waals surface area contributed by atoms with Crippen molar-refractivity contribution in [3.63, 3.8) is 0 Å². The lowest BCUT2D eigenvalue weighted by atomic mass is 10.8. The highest BCUT2D eigenvalue weighted by Crippen LogP contribution is 1.42. The Bertz CT molecular complexity index is 44.9. The summed E-state index contributed by atoms with van der Waals surface area (Å²) in [6.45, 7) is 0.179. The summed E-state index contributed by atoms with van der Waals surface area (Å²) >= 11 is 0. The normalized spacial score (nSPS) is 7.60. The molecule has 0 aromatic heterocycles. The first-order chi connectivity index (χ1) is 2.27. The molecule has 2 N–H and O–H groups in total. The molecule has 2 nitrogen and oxygen atoms in total. The van der Waals surface area contributed by atoms with Crippen LogP contribution in [0.4, 0.5) is 0 Å². The van der Waals surface area contributed by atoms with Crippen LogP contribution in [0.2, 0.25) is 0 Å². The summed E-state index contributed by atoms with van der Waals surface area (Å²) in [5.74, 6) is 0. The van der Waals surface area contributed by atoms with Gasteiger partial charge in [-0.05, 0) is 0 Å². The van der Waals surface area contributed by atoms with Gasteiger partial charge < -0.3 is 10.5 Å². The third-order valence-corrected chi connectivity index (χ3v) is 0.516. The van der Waals surface area contributed by atoms with E-state index >= 15 is 0 Å². The third kappa shape index (κ3) is 3.85. The molecular weight excluding hydrogens is 82.1 g/mol. The van der Waals surface area contributed by atoms with Crippen molar-refractivity contribution in [1.29, 1.82) is 0 Å². The van der Waals surface area contributed by atoms with E-state index in [4.69, 9.17) is 5.73 Å². The van der Waals surface area contributed by atoms with Crippen molar-refractivity contribution in [2.24, 2.45) is 5.73 Å². The smallest absolute Gasteiger partial charge is 0.115 e. The van der Waals surface area contributed by atoms with E-state index in [0.717, 1.165) is 0 Å². The fraction of sp³-hybridized carbons (Fsp3) is 0.500. The highest BCUT2D eigenvalue weighted by atomic mass is 28.1. The van der Waals surface area contributed by atoms with Crippen LogP contribution in [0.25, 0.3) is 0 Å². The molecule has 0 atom stereocenters. The molecule has 0 saturated carbocycles. The van der Waals surface area contributed by atoms with Crippen molar-refractivity contribution in [2.45, 2.75) is 0 Å². The number of nitrogens with two attached hydrogens (primary N) is 1. The van der Waals surface area contributed by atoms with Crippen LogP contribution in [0.3, 0.4) is 0 Å². The molecule has 0 fully saturated rings. The number of hydrogen-bond acceptors (Lipinski definition) is 2. The minimum absolute atomic E-state index is 0.0602. The molecule has 3 heteroatoms. The molecular formula is C2H6NOSi. The van der Waals surface area contributed by atoms with Gasteiger partial charge in [0, 0.05) is 6.54 Å². The number of rotatable bonds is 1. The van der Waals surface area contributed by atoms with Crippen molar-refractivity contribution < 1.29 is 4.79 Å². The summed E-state index contributed by atoms with van der Waals surface area (Å²) in [4.78, 5) is 9.70. The SMILES string of the molecule is NCC(=O)[SiH2]. The van der Waals surface area contributed by atoms with E-state index in [1.54, 1.807) is 0 Å². The molecule has 0 heterocycles. The predicted octanol–water partition coefficient (Wildman–Crippen LogP) is -1.90. The van der Waals surface area contributed by atoms with Gasteiger partial charge in [-0.2, -0.15) is 0 Å². The van der Waals surface area contributed by atoms with Crippen LogP contribution in [-0.2, 0) is 4.79 Å². The van der Waals surface area contributed by atoms with Crippen molar-refractivity contribution in [3.8, 4) is 0 Å². The first-order valence-electron chi connectivity index (χ1n) is 1.32. The molecule has 0 spiro atoms. The Hall–Kier alpha value is -0.153. The van der Waals surface area contributed by atoms with Gasteiger partial charge in [-0.15, -0.1) is 0 Å². The zero-order chi connectivity index (χ0) is 4.28. The Morgan fingerprint density at radius 2 is 2.20 bits per heavy atom. The monoisotopic (exact) mass is 88.0 g/mol. The molecule has 0 aromatic carbocycles. The molecule has 1 radical (unpaired) electrons. The van der Waals surface area contributed by atoms with E-state index < -0.39 is 0 Å². The van der Waals surface area contributed by atoms with Gasteiger partial charge in [0.2, 0.25) is 0 Å². The molecule has 5 heavy (non-hydrogen) atoms. The Kier molecular flexibility index (Phi) is 2.04. The lowest BCUT2D eigenvalue weighted by Gasteiger charge is -1.73. The van der Waals surface area contributed by atoms with Gasteiger partial charge >= 0.3 is 0 Å². The lowest BCUT2D eigenvalue weighted by Crippen LogP contribution is -2.11. The van der Waals surface area contributed by atoms with Crippen molar-refractivity contribution in [3.05, 3.63) is 0 Å². The summed E-state index contributed by atoms with van der Waals surface area (Å²) in [7, 11) is 1.29. The third-order valence-electron chi connectivity index (χ3n) is 0.228. The topological polar surface area (TPSA) is 43.1 Å². The zero-order valence-electron chi connectivity index (χ0n) is 2.90. The van der Waals surface area contributed by atoms with Crippen LogP contribution < -0.4 is 5.73 Å². The highest BCUT2D eigenvalue weighted by molar-refractivity contribution is 6.58. The largest absolute Gasteiger partial charge is 0.324 e. The van der Waals surface area contributed by atoms with Gasteiger partial charge in [-0.25, -0.2) is 0 Å². The number of carbonyl (C=O) groups excluding carboxylic acids is 1. The average Bonchev–Trinajstić information content (AvgIpc) is 1.38. The Balaban J connectivity index is 2.85. The molecule has 0 amide bonds. The molecule has 0 bridgehead atoms. The van der Waals surface area contributed by atoms with E-state index in [1.165, 1.54) is 10.2 Å². The summed E-state index contributed by atoms with van der Waals surface area (Å²) in [5, 5.41) is 0.0602. The first-order valence-corrected chi connectivity index (χ1v) is 2.03. The van der Waals surface area contributed by atoms with E-state index in [9.17, 15) is 4.79 Å². The maximum absolute atomic E-state index is 9.70. The van der Waals surface area contributed by atoms with Crippen LogP contribution in [0.1, 0.15) is 0 Å². The molecule has 0 rings (SSSR count). The lowest BCUT2D eigenvalue weighted by molar-refractivity contribution is -0.110. The molecule has 0 aliphatic heterocycles. The maximum Gasteiger partial charge on any atom is 0.115 e. The van der Waals surface area contributed by atoms with E-state index in [1.807, 2.05) is 0 Å². The van der Waals surface area contributed by atoms with E-state index in [2.05, 4.69) is 0 Å². The molecule has 0 aliphatic carbocycles. The fourth-order valence-electron chi connectivity index (χ4n) is 0. The Labute approximate surface area is 33.8 Å². The van der Waals surface area contributed by atoms with Gasteiger partial charge in [0.05, 0.1) is 10.2 Å². The quantitative estimate of drug-likeness (QED) is 0.381. The van der Waals surface area contributed by atoms with Crippen molar-refractivity contribution in [2.75, 3.05) is 6.54 Å². The second kappa shape index (κ2) is 2.11. The van der Waals surface area contributed by atoms with Crippen LogP contribution >= 0.6 is 0 Å². The van der Waals surface area contributed by atoms with E-state index in [-0.39, 0.29) is 12.0 Å². The first kappa shape index (κ1) is 4.85. The van der Waals surface area contributed by atoms with Crippen LogP contribution in [0, 0.1) is 0 Å². The fourth-order valence-corrected chi connectivity index (χ4v) is 0. The van der Waals surface area contributed by atoms with E-state index in [0.29, 0.717) is 0 Å². The zero-order valence-corrected chi connectivity index (χ0v) is 4.31. The maximum atomic E-state index is 9.70. The van der Waals surface area contributed by atoms with Crippen LogP contribution in [-0.4, -0.2) is 22.2 Å². The minimum atomic E-state index is 0.0602. The van der Waals surface area contributed by atoms with Gasteiger partial charge in [0.1, 0.15) is 5.41 Å². The summed E-state index contributed by atoms with van der Waals surface area (Å²) in [6, 6.07) is 0. The van der Waals surface area contributed by atoms with Crippen molar-refractivity contribution in [1.82, 2.24) is 0 Å². The Morgan fingerprint density at radius 1 is 2.00 bits per heavy atom. The van der Waals surface area contributed by atoms with Gasteiger partial charge in [-0.1, -0.05) is 0 Å². The molecule has 29 valence electrons. The standard InChI is InChI=1S/C2H6NOSi/c3-1-2(4)5/h1,3,5H2. The summed E-state index contributed by atoms with van der Waals surface area (Å²) < 4.78 is 0. The minimum Gasteiger partial charge on any atom is -0.324 e. The van der Waals surface area contributed by atoms with Crippen molar-refractivity contribution >= 4 is 15.6 Å². The summed E-state index contributed by atoms with van der Waals surface area (Å²) in [5.41, 5.74) is 4.83. The average molecular weight is 88.2 g/mol. The van der Waals surface area contributed by atoms with Crippen LogP contribution in [0.15, 0.2) is 0 Å². The predicted molar refractivity (Wildman–Crippen MR) is 22.6 cm³/mol. The molecule has 0 saturated heterocycles. The van der Waals surface area contributed by atoms with Gasteiger partial charge in [-0.3, -0.25) is 0 Å². The van der Waals surface area contributed by atoms with Gasteiger partial charge in [0.15, 0.2) is 0 Å². The molecule has 0 aliphatic rings. The number of carbonyl (C=O) groups is 1. The van der Waals surface area contributed by atoms with Gasteiger partial charge in [0.25, 0.3) is 0 Å². The second-order valence-corrected chi connectivity index (χ2v) is 1.53. The summed E-state index contributed by atoms with van der Waals surface area (Å²) in [6.07, 6.45) is 0. The Morgan fingerprint density at radius 3 is 2.20 bits per heavy atom. The second-order valence-electron chi connectivity index (χ2n) is 0.743. The van der Waals surface area contributed by atoms with Crippen LogP contribution in [0.5, 0.6) is 0 Å². The highest BCUT2D eigenvalue weighted by Gasteiger charge is 1.77. The molecule has 0 aromatic rings.